The van der Waals surface area contributed by atoms with Gasteiger partial charge in [0.05, 0.1) is 0 Å². The maximum atomic E-state index is 14.5. The van der Waals surface area contributed by atoms with Crippen molar-refractivity contribution in [3.05, 3.63) is 34.6 Å². The van der Waals surface area contributed by atoms with Crippen LogP contribution in [0.5, 0.6) is 0 Å². The van der Waals surface area contributed by atoms with Crippen LogP contribution < -0.4 is 5.48 Å². The second-order valence-electron chi connectivity index (χ2n) is 9.56. The molecule has 152 valence electrons. The van der Waals surface area contributed by atoms with Gasteiger partial charge in [0, 0.05) is 36.8 Å². The predicted molar refractivity (Wildman–Crippen MR) is 104 cm³/mol. The Morgan fingerprint density at radius 1 is 1.21 bits per heavy atom. The number of carbonyl (C=O) groups excluding carboxylic acids is 1. The molecule has 2 heterocycles. The van der Waals surface area contributed by atoms with Crippen molar-refractivity contribution in [2.45, 2.75) is 57.5 Å². The Morgan fingerprint density at radius 2 is 1.96 bits per heavy atom. The third-order valence-corrected chi connectivity index (χ3v) is 7.61. The minimum atomic E-state index is -0.656. The van der Waals surface area contributed by atoms with Gasteiger partial charge in [-0.25, -0.2) is 9.87 Å². The van der Waals surface area contributed by atoms with Gasteiger partial charge in [-0.3, -0.25) is 14.9 Å². The van der Waals surface area contributed by atoms with Crippen LogP contribution in [0.1, 0.15) is 60.0 Å². The standard InChI is InChI=1S/C22H30FN3O2/c23-20-10-17(21(27)24-28)9-16-3-6-25(14-19(16)20)13-15-11-22(12-15)4-7-26(8-5-22)18-1-2-18/h9-10,15,18,28H,1-8,11-14H2,(H,24,27). The Kier molecular flexibility index (Phi) is 4.68. The van der Waals surface area contributed by atoms with Crippen molar-refractivity contribution in [1.82, 2.24) is 15.3 Å². The van der Waals surface area contributed by atoms with E-state index < -0.39 is 5.91 Å². The van der Waals surface area contributed by atoms with Gasteiger partial charge in [0.25, 0.3) is 5.91 Å². The third-order valence-electron chi connectivity index (χ3n) is 7.61. The molecule has 1 spiro atoms. The zero-order valence-electron chi connectivity index (χ0n) is 16.4. The molecular weight excluding hydrogens is 357 g/mol. The van der Waals surface area contributed by atoms with E-state index >= 15 is 0 Å². The van der Waals surface area contributed by atoms with E-state index in [1.165, 1.54) is 57.7 Å². The van der Waals surface area contributed by atoms with Crippen molar-refractivity contribution < 1.29 is 14.4 Å². The molecule has 1 aromatic carbocycles. The summed E-state index contributed by atoms with van der Waals surface area (Å²) in [6.07, 6.45) is 9.00. The molecule has 6 heteroatoms. The Hall–Kier alpha value is -1.50. The first-order chi connectivity index (χ1) is 13.5. The number of piperidine rings is 1. The zero-order valence-corrected chi connectivity index (χ0v) is 16.4. The number of hydrogen-bond acceptors (Lipinski definition) is 4. The third kappa shape index (κ3) is 3.46. The maximum Gasteiger partial charge on any atom is 0.274 e. The summed E-state index contributed by atoms with van der Waals surface area (Å²) in [7, 11) is 0. The Balaban J connectivity index is 1.15. The van der Waals surface area contributed by atoms with Gasteiger partial charge in [0.2, 0.25) is 0 Å². The summed E-state index contributed by atoms with van der Waals surface area (Å²) in [6, 6.07) is 3.85. The molecule has 5 rings (SSSR count). The molecule has 1 aromatic rings. The van der Waals surface area contributed by atoms with Crippen molar-refractivity contribution in [1.29, 1.82) is 0 Å². The van der Waals surface area contributed by atoms with Crippen LogP contribution in [0.15, 0.2) is 12.1 Å². The highest BCUT2D eigenvalue weighted by Crippen LogP contribution is 2.53. The van der Waals surface area contributed by atoms with Crippen LogP contribution >= 0.6 is 0 Å². The van der Waals surface area contributed by atoms with Crippen LogP contribution in [-0.2, 0) is 13.0 Å². The van der Waals surface area contributed by atoms with Crippen molar-refractivity contribution in [3.63, 3.8) is 0 Å². The summed E-state index contributed by atoms with van der Waals surface area (Å²) in [5.41, 5.74) is 3.98. The molecule has 28 heavy (non-hydrogen) atoms. The molecule has 0 radical (unpaired) electrons. The highest BCUT2D eigenvalue weighted by molar-refractivity contribution is 5.93. The van der Waals surface area contributed by atoms with Crippen molar-refractivity contribution in [3.8, 4) is 0 Å². The minimum absolute atomic E-state index is 0.186. The molecule has 3 fully saturated rings. The molecule has 0 bridgehead atoms. The largest absolute Gasteiger partial charge is 0.300 e. The van der Waals surface area contributed by atoms with E-state index in [0.717, 1.165) is 37.0 Å². The number of hydrogen-bond donors (Lipinski definition) is 2. The number of benzene rings is 1. The first-order valence-corrected chi connectivity index (χ1v) is 10.8. The van der Waals surface area contributed by atoms with Gasteiger partial charge < -0.3 is 4.90 Å². The van der Waals surface area contributed by atoms with Crippen LogP contribution in [0.25, 0.3) is 0 Å². The molecule has 1 amide bonds. The van der Waals surface area contributed by atoms with Crippen LogP contribution in [-0.4, -0.2) is 53.1 Å². The number of halogens is 1. The molecule has 1 saturated heterocycles. The fourth-order valence-electron chi connectivity index (χ4n) is 5.90. The summed E-state index contributed by atoms with van der Waals surface area (Å²) < 4.78 is 14.5. The number of rotatable bonds is 4. The number of carbonyl (C=O) groups is 1. The van der Waals surface area contributed by atoms with E-state index in [1.54, 1.807) is 11.5 Å². The van der Waals surface area contributed by atoms with E-state index in [0.29, 0.717) is 17.5 Å². The van der Waals surface area contributed by atoms with Crippen molar-refractivity contribution in [2.24, 2.45) is 11.3 Å². The number of hydroxylamine groups is 1. The second kappa shape index (κ2) is 7.08. The Bertz CT molecular complexity index is 763. The topological polar surface area (TPSA) is 55.8 Å². The van der Waals surface area contributed by atoms with E-state index in [2.05, 4.69) is 9.80 Å². The van der Waals surface area contributed by atoms with Gasteiger partial charge in [-0.05, 0) is 87.1 Å². The number of fused-ring (bicyclic) bond motifs is 1. The number of likely N-dealkylation sites (tertiary alicyclic amines) is 1. The molecule has 0 atom stereocenters. The first-order valence-electron chi connectivity index (χ1n) is 10.8. The lowest BCUT2D eigenvalue weighted by atomic mass is 9.57. The van der Waals surface area contributed by atoms with Gasteiger partial charge in [-0.1, -0.05) is 0 Å². The fourth-order valence-corrected chi connectivity index (χ4v) is 5.90. The summed E-state index contributed by atoms with van der Waals surface area (Å²) in [4.78, 5) is 16.7. The van der Waals surface area contributed by atoms with Gasteiger partial charge in [-0.15, -0.1) is 0 Å². The lowest BCUT2D eigenvalue weighted by Crippen LogP contribution is -2.50. The summed E-state index contributed by atoms with van der Waals surface area (Å²) in [5, 5.41) is 8.77. The molecule has 0 aromatic heterocycles. The lowest BCUT2D eigenvalue weighted by Gasteiger charge is -2.53. The van der Waals surface area contributed by atoms with E-state index in [9.17, 15) is 9.18 Å². The molecule has 2 saturated carbocycles. The van der Waals surface area contributed by atoms with Gasteiger partial charge in [0.15, 0.2) is 0 Å². The molecule has 4 aliphatic rings. The fraction of sp³-hybridized carbons (Fsp3) is 0.682. The molecular formula is C22H30FN3O2. The van der Waals surface area contributed by atoms with E-state index in [4.69, 9.17) is 5.21 Å². The Labute approximate surface area is 165 Å². The summed E-state index contributed by atoms with van der Waals surface area (Å²) >= 11 is 0. The average molecular weight is 387 g/mol. The maximum absolute atomic E-state index is 14.5. The van der Waals surface area contributed by atoms with E-state index in [1.807, 2.05) is 0 Å². The first kappa shape index (κ1) is 18.5. The second-order valence-corrected chi connectivity index (χ2v) is 9.56. The number of nitrogens with one attached hydrogen (secondary N) is 1. The summed E-state index contributed by atoms with van der Waals surface area (Å²) in [6.45, 7) is 5.19. The zero-order chi connectivity index (χ0) is 19.3. The smallest absolute Gasteiger partial charge is 0.274 e. The molecule has 2 aliphatic carbocycles. The highest BCUT2D eigenvalue weighted by Gasteiger charge is 2.47. The molecule has 0 unspecified atom stereocenters. The molecule has 2 aliphatic heterocycles. The number of amides is 1. The average Bonchev–Trinajstić information content (AvgIpc) is 3.52. The predicted octanol–water partition coefficient (Wildman–Crippen LogP) is 2.96. The minimum Gasteiger partial charge on any atom is -0.300 e. The van der Waals surface area contributed by atoms with Gasteiger partial charge in [-0.2, -0.15) is 0 Å². The summed E-state index contributed by atoms with van der Waals surface area (Å²) in [5.74, 6) is -0.244. The molecule has 2 N–H and O–H groups in total. The normalized spacial score (nSPS) is 25.4. The highest BCUT2D eigenvalue weighted by atomic mass is 19.1. The van der Waals surface area contributed by atoms with Crippen LogP contribution in [0, 0.1) is 17.2 Å². The van der Waals surface area contributed by atoms with E-state index in [-0.39, 0.29) is 11.4 Å². The van der Waals surface area contributed by atoms with Gasteiger partial charge in [0.1, 0.15) is 5.82 Å². The van der Waals surface area contributed by atoms with Crippen LogP contribution in [0.4, 0.5) is 4.39 Å². The Morgan fingerprint density at radius 3 is 2.64 bits per heavy atom. The van der Waals surface area contributed by atoms with Crippen molar-refractivity contribution in [2.75, 3.05) is 26.2 Å². The number of nitrogens with zero attached hydrogens (tertiary/aromatic N) is 2. The lowest BCUT2D eigenvalue weighted by molar-refractivity contribution is -0.0290. The SMILES string of the molecule is O=C(NO)c1cc(F)c2c(c1)CCN(CC1CC3(CCN(C4CC4)CC3)C1)C2. The van der Waals surface area contributed by atoms with Gasteiger partial charge >= 0.3 is 0 Å². The van der Waals surface area contributed by atoms with Crippen molar-refractivity contribution >= 4 is 5.91 Å². The molecule has 5 nitrogen and oxygen atoms in total. The van der Waals surface area contributed by atoms with Crippen LogP contribution in [0.2, 0.25) is 0 Å². The quantitative estimate of drug-likeness (QED) is 0.616. The monoisotopic (exact) mass is 387 g/mol. The van der Waals surface area contributed by atoms with Crippen LogP contribution in [0.3, 0.4) is 0 Å².